The molecule has 0 N–H and O–H groups in total. The fourth-order valence-electron chi connectivity index (χ4n) is 2.19. The summed E-state index contributed by atoms with van der Waals surface area (Å²) in [4.78, 5) is 6.99. The molecule has 2 nitrogen and oxygen atoms in total. The lowest BCUT2D eigenvalue weighted by Crippen LogP contribution is -2.38. The van der Waals surface area contributed by atoms with Gasteiger partial charge in [0.05, 0.1) is 0 Å². The van der Waals surface area contributed by atoms with Crippen LogP contribution in [0.2, 0.25) is 0 Å². The first-order valence-electron chi connectivity index (χ1n) is 6.12. The van der Waals surface area contributed by atoms with E-state index in [1.54, 1.807) is 0 Å². The molecule has 0 aliphatic carbocycles. The second-order valence-corrected chi connectivity index (χ2v) is 6.14. The highest BCUT2D eigenvalue weighted by Gasteiger charge is 2.21. The molecule has 1 fully saturated rings. The first-order chi connectivity index (χ1) is 8.24. The molecule has 0 radical (unpaired) electrons. The molecule has 0 bridgehead atoms. The lowest BCUT2D eigenvalue weighted by Gasteiger charge is -2.33. The quantitative estimate of drug-likeness (QED) is 0.783. The molecule has 1 atom stereocenters. The average molecular weight is 271 g/mol. The van der Waals surface area contributed by atoms with E-state index in [9.17, 15) is 0 Å². The van der Waals surface area contributed by atoms with Gasteiger partial charge in [0, 0.05) is 36.2 Å². The molecule has 4 heteroatoms. The fraction of sp³-hybridized carbons (Fsp3) is 0.615. The molecule has 2 heterocycles. The molecule has 0 spiro atoms. The first kappa shape index (κ1) is 13.0. The Balaban J connectivity index is 2.16. The van der Waals surface area contributed by atoms with E-state index < -0.39 is 0 Å². The highest BCUT2D eigenvalue weighted by Crippen LogP contribution is 2.26. The molecule has 0 amide bonds. The largest absolute Gasteiger partial charge is 0.354 e. The standard InChI is InChI=1S/C13H19ClN2S/c1-3-12-9-16(4-5-17-12)13-10(2)6-11(7-14)8-15-13/h6,8,12H,3-5,7,9H2,1-2H3. The average Bonchev–Trinajstić information content (AvgIpc) is 2.38. The van der Waals surface area contributed by atoms with Crippen LogP contribution in [0.5, 0.6) is 0 Å². The molecule has 1 saturated heterocycles. The Hall–Kier alpha value is -0.410. The van der Waals surface area contributed by atoms with Gasteiger partial charge in [-0.15, -0.1) is 11.6 Å². The van der Waals surface area contributed by atoms with Gasteiger partial charge in [0.2, 0.25) is 0 Å². The third kappa shape index (κ3) is 3.08. The van der Waals surface area contributed by atoms with Crippen molar-refractivity contribution in [3.05, 3.63) is 23.4 Å². The molecule has 1 aliphatic rings. The molecule has 94 valence electrons. The number of anilines is 1. The molecule has 2 rings (SSSR count). The Morgan fingerprint density at radius 3 is 3.06 bits per heavy atom. The van der Waals surface area contributed by atoms with Crippen LogP contribution >= 0.6 is 23.4 Å². The molecular formula is C13H19ClN2S. The van der Waals surface area contributed by atoms with Crippen LogP contribution in [0.1, 0.15) is 24.5 Å². The van der Waals surface area contributed by atoms with Gasteiger partial charge in [-0.3, -0.25) is 0 Å². The lowest BCUT2D eigenvalue weighted by atomic mass is 10.2. The number of alkyl halides is 1. The van der Waals surface area contributed by atoms with E-state index >= 15 is 0 Å². The Morgan fingerprint density at radius 1 is 1.59 bits per heavy atom. The molecule has 0 aromatic carbocycles. The second kappa shape index (κ2) is 5.96. The van der Waals surface area contributed by atoms with Crippen LogP contribution in [0.4, 0.5) is 5.82 Å². The van der Waals surface area contributed by atoms with Crippen LogP contribution in [-0.2, 0) is 5.88 Å². The number of pyridine rings is 1. The minimum Gasteiger partial charge on any atom is -0.354 e. The van der Waals surface area contributed by atoms with Crippen molar-refractivity contribution in [2.45, 2.75) is 31.4 Å². The van der Waals surface area contributed by atoms with Crippen molar-refractivity contribution in [3.8, 4) is 0 Å². The molecule has 0 saturated carbocycles. The van der Waals surface area contributed by atoms with Gasteiger partial charge in [-0.05, 0) is 30.5 Å². The second-order valence-electron chi connectivity index (χ2n) is 4.46. The number of hydrogen-bond donors (Lipinski definition) is 0. The summed E-state index contributed by atoms with van der Waals surface area (Å²) in [6, 6.07) is 2.15. The van der Waals surface area contributed by atoms with Gasteiger partial charge in [-0.25, -0.2) is 4.98 Å². The van der Waals surface area contributed by atoms with Crippen LogP contribution in [0.15, 0.2) is 12.3 Å². The normalized spacial score (nSPS) is 20.6. The first-order valence-corrected chi connectivity index (χ1v) is 7.71. The van der Waals surface area contributed by atoms with Gasteiger partial charge in [0.1, 0.15) is 5.82 Å². The van der Waals surface area contributed by atoms with Crippen LogP contribution in [0.25, 0.3) is 0 Å². The van der Waals surface area contributed by atoms with E-state index in [0.29, 0.717) is 5.88 Å². The van der Waals surface area contributed by atoms with Gasteiger partial charge < -0.3 is 4.90 Å². The predicted molar refractivity (Wildman–Crippen MR) is 77.3 cm³/mol. The molecular weight excluding hydrogens is 252 g/mol. The number of hydrogen-bond acceptors (Lipinski definition) is 3. The van der Waals surface area contributed by atoms with E-state index in [1.165, 1.54) is 17.7 Å². The van der Waals surface area contributed by atoms with E-state index in [1.807, 2.05) is 6.20 Å². The van der Waals surface area contributed by atoms with Gasteiger partial charge in [-0.2, -0.15) is 11.8 Å². The van der Waals surface area contributed by atoms with E-state index in [2.05, 4.69) is 41.6 Å². The predicted octanol–water partition coefficient (Wildman–Crippen LogP) is 3.46. The summed E-state index contributed by atoms with van der Waals surface area (Å²) >= 11 is 7.91. The third-order valence-electron chi connectivity index (χ3n) is 3.16. The van der Waals surface area contributed by atoms with Gasteiger partial charge in [-0.1, -0.05) is 6.92 Å². The number of aromatic nitrogens is 1. The zero-order valence-corrected chi connectivity index (χ0v) is 12.0. The molecule has 1 aliphatic heterocycles. The van der Waals surface area contributed by atoms with Crippen LogP contribution in [0, 0.1) is 6.92 Å². The third-order valence-corrected chi connectivity index (χ3v) is 4.84. The number of rotatable bonds is 3. The van der Waals surface area contributed by atoms with E-state index in [4.69, 9.17) is 11.6 Å². The monoisotopic (exact) mass is 270 g/mol. The van der Waals surface area contributed by atoms with Crippen LogP contribution < -0.4 is 4.90 Å². The van der Waals surface area contributed by atoms with Gasteiger partial charge in [0.15, 0.2) is 0 Å². The van der Waals surface area contributed by atoms with Crippen molar-refractivity contribution < 1.29 is 0 Å². The van der Waals surface area contributed by atoms with Crippen molar-refractivity contribution >= 4 is 29.2 Å². The number of halogens is 1. The van der Waals surface area contributed by atoms with Crippen molar-refractivity contribution in [1.82, 2.24) is 4.98 Å². The van der Waals surface area contributed by atoms with Gasteiger partial charge >= 0.3 is 0 Å². The minimum absolute atomic E-state index is 0.543. The Morgan fingerprint density at radius 2 is 2.41 bits per heavy atom. The maximum absolute atomic E-state index is 5.83. The Bertz CT molecular complexity index is 384. The summed E-state index contributed by atoms with van der Waals surface area (Å²) in [6.07, 6.45) is 3.14. The zero-order chi connectivity index (χ0) is 12.3. The highest BCUT2D eigenvalue weighted by molar-refractivity contribution is 8.00. The summed E-state index contributed by atoms with van der Waals surface area (Å²) in [5, 5.41) is 0.748. The maximum atomic E-state index is 5.83. The molecule has 1 aromatic rings. The zero-order valence-electron chi connectivity index (χ0n) is 10.4. The van der Waals surface area contributed by atoms with Crippen molar-refractivity contribution in [1.29, 1.82) is 0 Å². The molecule has 17 heavy (non-hydrogen) atoms. The topological polar surface area (TPSA) is 16.1 Å². The summed E-state index contributed by atoms with van der Waals surface area (Å²) < 4.78 is 0. The van der Waals surface area contributed by atoms with E-state index in [-0.39, 0.29) is 0 Å². The fourth-order valence-corrected chi connectivity index (χ4v) is 3.51. The highest BCUT2D eigenvalue weighted by atomic mass is 35.5. The smallest absolute Gasteiger partial charge is 0.131 e. The number of aryl methyl sites for hydroxylation is 1. The number of thioether (sulfide) groups is 1. The van der Waals surface area contributed by atoms with Crippen molar-refractivity contribution in [2.75, 3.05) is 23.7 Å². The molecule has 1 aromatic heterocycles. The van der Waals surface area contributed by atoms with Gasteiger partial charge in [0.25, 0.3) is 0 Å². The summed E-state index contributed by atoms with van der Waals surface area (Å²) in [6.45, 7) is 6.61. The SMILES string of the molecule is CCC1CN(c2ncc(CCl)cc2C)CCS1. The van der Waals surface area contributed by atoms with Crippen LogP contribution in [-0.4, -0.2) is 29.1 Å². The molecule has 1 unspecified atom stereocenters. The summed E-state index contributed by atoms with van der Waals surface area (Å²) in [7, 11) is 0. The Labute approximate surface area is 113 Å². The maximum Gasteiger partial charge on any atom is 0.131 e. The number of nitrogens with zero attached hydrogens (tertiary/aromatic N) is 2. The summed E-state index contributed by atoms with van der Waals surface area (Å²) in [5.74, 6) is 2.89. The minimum atomic E-state index is 0.543. The van der Waals surface area contributed by atoms with Crippen LogP contribution in [0.3, 0.4) is 0 Å². The summed E-state index contributed by atoms with van der Waals surface area (Å²) in [5.41, 5.74) is 2.34. The lowest BCUT2D eigenvalue weighted by molar-refractivity contribution is 0.717. The van der Waals surface area contributed by atoms with E-state index in [0.717, 1.165) is 29.7 Å². The van der Waals surface area contributed by atoms with Crippen molar-refractivity contribution in [2.24, 2.45) is 0 Å². The Kier molecular flexibility index (Phi) is 4.57. The van der Waals surface area contributed by atoms with Crippen molar-refractivity contribution in [3.63, 3.8) is 0 Å².